The minimum Gasteiger partial charge on any atom is -0.390 e. The Kier molecular flexibility index (Phi) is 7.65. The van der Waals surface area contributed by atoms with Crippen LogP contribution in [0.3, 0.4) is 0 Å². The van der Waals surface area contributed by atoms with Crippen molar-refractivity contribution in [3.8, 4) is 5.69 Å². The topological polar surface area (TPSA) is 90.7 Å². The normalized spacial score (nSPS) is 23.6. The highest BCUT2D eigenvalue weighted by molar-refractivity contribution is 6.00. The Morgan fingerprint density at radius 2 is 1.71 bits per heavy atom. The van der Waals surface area contributed by atoms with E-state index in [1.54, 1.807) is 4.90 Å². The van der Waals surface area contributed by atoms with Crippen LogP contribution in [0.25, 0.3) is 5.69 Å². The second-order valence-corrected chi connectivity index (χ2v) is 11.6. The van der Waals surface area contributed by atoms with Crippen LogP contribution in [0.1, 0.15) is 74.4 Å². The lowest BCUT2D eigenvalue weighted by Crippen LogP contribution is -2.74. The number of hydrogen-bond acceptors (Lipinski definition) is 5. The highest BCUT2D eigenvalue weighted by Crippen LogP contribution is 2.36. The molecular formula is C30H43N5O3. The summed E-state index contributed by atoms with van der Waals surface area (Å²) in [5.41, 5.74) is 4.81. The fraction of sp³-hybridized carbons (Fsp3) is 0.633. The molecule has 5 rings (SSSR count). The summed E-state index contributed by atoms with van der Waals surface area (Å²) in [4.78, 5) is 31.3. The third-order valence-corrected chi connectivity index (χ3v) is 9.33. The number of piperazine rings is 1. The molecule has 0 unspecified atom stereocenters. The first-order chi connectivity index (χ1) is 18.2. The third-order valence-electron chi connectivity index (χ3n) is 9.33. The molecule has 2 saturated heterocycles. The number of benzene rings is 1. The van der Waals surface area contributed by atoms with Gasteiger partial charge in [0.25, 0.3) is 0 Å². The van der Waals surface area contributed by atoms with Gasteiger partial charge in [0.05, 0.1) is 17.5 Å². The lowest BCUT2D eigenvalue weighted by molar-refractivity contribution is -0.165. The summed E-state index contributed by atoms with van der Waals surface area (Å²) in [5, 5.41) is 18.9. The zero-order valence-electron chi connectivity index (χ0n) is 23.4. The van der Waals surface area contributed by atoms with Crippen LogP contribution < -0.4 is 5.32 Å². The van der Waals surface area contributed by atoms with E-state index in [0.717, 1.165) is 62.4 Å². The highest BCUT2D eigenvalue weighted by atomic mass is 16.3. The van der Waals surface area contributed by atoms with E-state index in [1.807, 2.05) is 11.6 Å². The second kappa shape index (κ2) is 10.8. The maximum atomic E-state index is 13.6. The molecule has 1 saturated carbocycles. The van der Waals surface area contributed by atoms with E-state index in [2.05, 4.69) is 55.3 Å². The number of carbonyl (C=O) groups excluding carboxylic acids is 2. The molecule has 2 aliphatic heterocycles. The molecule has 1 aliphatic carbocycles. The number of amides is 2. The van der Waals surface area contributed by atoms with Crippen molar-refractivity contribution in [1.29, 1.82) is 0 Å². The van der Waals surface area contributed by atoms with E-state index in [0.29, 0.717) is 19.4 Å². The van der Waals surface area contributed by atoms with E-state index in [-0.39, 0.29) is 17.7 Å². The second-order valence-electron chi connectivity index (χ2n) is 11.6. The van der Waals surface area contributed by atoms with Crippen LogP contribution in [-0.4, -0.2) is 73.8 Å². The van der Waals surface area contributed by atoms with Crippen molar-refractivity contribution in [2.45, 2.75) is 96.9 Å². The van der Waals surface area contributed by atoms with Gasteiger partial charge in [-0.05, 0) is 71.4 Å². The van der Waals surface area contributed by atoms with E-state index in [4.69, 9.17) is 5.10 Å². The molecule has 1 aromatic carbocycles. The number of nitrogens with one attached hydrogen (secondary N) is 1. The minimum absolute atomic E-state index is 0.0832. The van der Waals surface area contributed by atoms with E-state index >= 15 is 0 Å². The molecule has 2 aromatic rings. The molecule has 2 N–H and O–H groups in total. The molecule has 1 aromatic heterocycles. The van der Waals surface area contributed by atoms with Crippen molar-refractivity contribution in [1.82, 2.24) is 24.9 Å². The number of aryl methyl sites for hydroxylation is 2. The van der Waals surface area contributed by atoms with Crippen molar-refractivity contribution in [2.24, 2.45) is 5.92 Å². The van der Waals surface area contributed by atoms with Crippen molar-refractivity contribution >= 4 is 11.8 Å². The molecule has 8 nitrogen and oxygen atoms in total. The zero-order chi connectivity index (χ0) is 27.0. The van der Waals surface area contributed by atoms with Gasteiger partial charge in [-0.1, -0.05) is 37.0 Å². The quantitative estimate of drug-likeness (QED) is 0.608. The van der Waals surface area contributed by atoms with E-state index in [9.17, 15) is 14.7 Å². The number of aliphatic hydroxyl groups is 1. The fourth-order valence-electron chi connectivity index (χ4n) is 6.92. The number of carbonyl (C=O) groups is 2. The smallest absolute Gasteiger partial charge is 0.248 e. The maximum absolute atomic E-state index is 13.6. The van der Waals surface area contributed by atoms with Crippen LogP contribution >= 0.6 is 0 Å². The summed E-state index contributed by atoms with van der Waals surface area (Å²) in [5.74, 6) is -0.136. The Morgan fingerprint density at radius 1 is 1.05 bits per heavy atom. The van der Waals surface area contributed by atoms with Gasteiger partial charge in [-0.2, -0.15) is 5.10 Å². The molecule has 0 bridgehead atoms. The number of likely N-dealkylation sites (tertiary alicyclic amines) is 1. The Balaban J connectivity index is 1.27. The minimum atomic E-state index is -0.832. The molecule has 38 heavy (non-hydrogen) atoms. The summed E-state index contributed by atoms with van der Waals surface area (Å²) < 4.78 is 2.01. The van der Waals surface area contributed by atoms with Crippen molar-refractivity contribution in [3.05, 3.63) is 46.8 Å². The summed E-state index contributed by atoms with van der Waals surface area (Å²) >= 11 is 0. The van der Waals surface area contributed by atoms with Gasteiger partial charge in [-0.3, -0.25) is 14.5 Å². The Labute approximate surface area is 226 Å². The average molecular weight is 522 g/mol. The van der Waals surface area contributed by atoms with E-state index in [1.165, 1.54) is 17.5 Å². The van der Waals surface area contributed by atoms with Crippen LogP contribution in [0.2, 0.25) is 0 Å². The van der Waals surface area contributed by atoms with Gasteiger partial charge in [0.2, 0.25) is 11.8 Å². The van der Waals surface area contributed by atoms with Crippen LogP contribution in [-0.2, 0) is 16.1 Å². The number of rotatable bonds is 6. The first-order valence-corrected chi connectivity index (χ1v) is 14.4. The molecule has 206 valence electrons. The zero-order valence-corrected chi connectivity index (χ0v) is 23.4. The van der Waals surface area contributed by atoms with Crippen LogP contribution in [0.4, 0.5) is 0 Å². The third kappa shape index (κ3) is 4.77. The number of likely N-dealkylation sites (N-methyl/N-ethyl adjacent to an activating group) is 1. The number of nitrogens with zero attached hydrogens (tertiary/aromatic N) is 4. The molecule has 2 amide bonds. The van der Waals surface area contributed by atoms with Gasteiger partial charge in [-0.15, -0.1) is 0 Å². The molecule has 3 heterocycles. The van der Waals surface area contributed by atoms with E-state index < -0.39 is 17.7 Å². The molecule has 1 spiro atoms. The van der Waals surface area contributed by atoms with Crippen LogP contribution in [0.15, 0.2) is 24.3 Å². The summed E-state index contributed by atoms with van der Waals surface area (Å²) in [6.07, 6.45) is 5.56. The maximum Gasteiger partial charge on any atom is 0.248 e. The molecular weight excluding hydrogens is 478 g/mol. The molecule has 2 atom stereocenters. The van der Waals surface area contributed by atoms with Crippen molar-refractivity contribution < 1.29 is 14.7 Å². The number of hydrogen-bond donors (Lipinski definition) is 2. The van der Waals surface area contributed by atoms with Gasteiger partial charge in [0.1, 0.15) is 11.6 Å². The van der Waals surface area contributed by atoms with Gasteiger partial charge in [0, 0.05) is 37.4 Å². The number of aliphatic hydroxyl groups excluding tert-OH is 1. The van der Waals surface area contributed by atoms with Gasteiger partial charge in [0.15, 0.2) is 0 Å². The summed E-state index contributed by atoms with van der Waals surface area (Å²) in [6, 6.07) is 7.57. The predicted molar refractivity (Wildman–Crippen MR) is 147 cm³/mol. The van der Waals surface area contributed by atoms with Gasteiger partial charge >= 0.3 is 0 Å². The van der Waals surface area contributed by atoms with Crippen LogP contribution in [0.5, 0.6) is 0 Å². The van der Waals surface area contributed by atoms with Gasteiger partial charge in [-0.25, -0.2) is 4.68 Å². The molecule has 0 radical (unpaired) electrons. The lowest BCUT2D eigenvalue weighted by atomic mass is 9.78. The Bertz CT molecular complexity index is 1160. The lowest BCUT2D eigenvalue weighted by Gasteiger charge is -2.52. The summed E-state index contributed by atoms with van der Waals surface area (Å²) in [7, 11) is 0. The Hall–Kier alpha value is -2.71. The highest BCUT2D eigenvalue weighted by Gasteiger charge is 2.55. The van der Waals surface area contributed by atoms with Crippen molar-refractivity contribution in [2.75, 3.05) is 19.6 Å². The fourth-order valence-corrected chi connectivity index (χ4v) is 6.92. The monoisotopic (exact) mass is 521 g/mol. The largest absolute Gasteiger partial charge is 0.390 e. The molecule has 8 heteroatoms. The first kappa shape index (κ1) is 26.9. The first-order valence-electron chi connectivity index (χ1n) is 14.4. The number of piperidine rings is 1. The van der Waals surface area contributed by atoms with Crippen molar-refractivity contribution in [3.63, 3.8) is 0 Å². The Morgan fingerprint density at radius 3 is 2.34 bits per heavy atom. The molecule has 3 fully saturated rings. The average Bonchev–Trinajstić information content (AvgIpc) is 3.21. The van der Waals surface area contributed by atoms with Crippen LogP contribution in [0, 0.1) is 26.7 Å². The van der Waals surface area contributed by atoms with Gasteiger partial charge < -0.3 is 15.3 Å². The molecule has 3 aliphatic rings. The SMILES string of the molecule is CCN1C(=O)[C@@H]([C@H](O)C2CCCCC2)NC(=O)C12CCN(Cc1c(C)nn(-c3ccc(C)cc3)c1C)CC2. The predicted octanol–water partition coefficient (Wildman–Crippen LogP) is 3.42. The summed E-state index contributed by atoms with van der Waals surface area (Å²) in [6.45, 7) is 10.9. The standard InChI is InChI=1S/C30H43N5O3/c1-5-34-28(37)26(27(36)23-9-7-6-8-10-23)31-29(38)30(34)15-17-33(18-16-30)19-25-21(3)32-35(22(25)4)24-13-11-20(2)12-14-24/h11-14,23,26-27,36H,5-10,15-19H2,1-4H3,(H,31,38)/t26-,27-/m1/s1. The number of aromatic nitrogens is 2.